The largest absolute Gasteiger partial charge is 0.507 e. The van der Waals surface area contributed by atoms with Gasteiger partial charge >= 0.3 is 6.18 Å². The fourth-order valence-electron chi connectivity index (χ4n) is 4.42. The number of halogens is 3. The molecule has 1 aromatic heterocycles. The molecule has 4 rings (SSSR count). The highest BCUT2D eigenvalue weighted by atomic mass is 19.4. The first kappa shape index (κ1) is 26.4. The number of aryl methyl sites for hydroxylation is 2. The van der Waals surface area contributed by atoms with E-state index in [2.05, 4.69) is 0 Å². The van der Waals surface area contributed by atoms with Crippen LogP contribution in [-0.4, -0.2) is 15.5 Å². The van der Waals surface area contributed by atoms with Gasteiger partial charge in [-0.1, -0.05) is 48.0 Å². The van der Waals surface area contributed by atoms with Gasteiger partial charge in [0.05, 0.1) is 23.4 Å². The Balaban J connectivity index is 1.97. The zero-order valence-corrected chi connectivity index (χ0v) is 20.8. The summed E-state index contributed by atoms with van der Waals surface area (Å²) in [5.41, 5.74) is 0.817. The molecule has 0 aliphatic heterocycles. The van der Waals surface area contributed by atoms with E-state index >= 15 is 0 Å². The number of nitrogens with zero attached hydrogens (tertiary/aromatic N) is 2. The van der Waals surface area contributed by atoms with Crippen LogP contribution in [0.4, 0.5) is 13.2 Å². The van der Waals surface area contributed by atoms with Crippen molar-refractivity contribution in [3.8, 4) is 34.2 Å². The number of aromatic hydroxyl groups is 1. The van der Waals surface area contributed by atoms with Gasteiger partial charge in [0.25, 0.3) is 5.56 Å². The molecule has 5 nitrogen and oxygen atoms in total. The molecule has 0 saturated heterocycles. The molecule has 0 spiro atoms. The zero-order valence-electron chi connectivity index (χ0n) is 20.8. The lowest BCUT2D eigenvalue weighted by atomic mass is 9.97. The van der Waals surface area contributed by atoms with Gasteiger partial charge in [0.1, 0.15) is 17.4 Å². The van der Waals surface area contributed by atoms with Crippen LogP contribution in [0.2, 0.25) is 0 Å². The Hall–Kier alpha value is -4.64. The van der Waals surface area contributed by atoms with E-state index in [1.807, 2.05) is 26.0 Å². The van der Waals surface area contributed by atoms with E-state index < -0.39 is 22.9 Å². The van der Waals surface area contributed by atoms with Gasteiger partial charge in [-0.05, 0) is 72.9 Å². The second-order valence-electron chi connectivity index (χ2n) is 9.12. The van der Waals surface area contributed by atoms with Gasteiger partial charge in [0.2, 0.25) is 0 Å². The highest BCUT2D eigenvalue weighted by Crippen LogP contribution is 2.35. The van der Waals surface area contributed by atoms with Crippen molar-refractivity contribution in [2.24, 2.45) is 0 Å². The van der Waals surface area contributed by atoms with Crippen LogP contribution in [0.1, 0.15) is 45.1 Å². The Morgan fingerprint density at radius 3 is 2.29 bits per heavy atom. The first-order valence-electron chi connectivity index (χ1n) is 11.7. The molecule has 38 heavy (non-hydrogen) atoms. The predicted molar refractivity (Wildman–Crippen MR) is 138 cm³/mol. The summed E-state index contributed by atoms with van der Waals surface area (Å²) in [5.74, 6) is -0.522. The molecule has 0 fully saturated rings. The van der Waals surface area contributed by atoms with Gasteiger partial charge in [0.15, 0.2) is 5.78 Å². The van der Waals surface area contributed by atoms with Crippen LogP contribution in [-0.2, 0) is 12.7 Å². The number of rotatable bonds is 5. The van der Waals surface area contributed by atoms with Crippen LogP contribution in [0.25, 0.3) is 22.4 Å². The van der Waals surface area contributed by atoms with Crippen LogP contribution in [0, 0.1) is 25.2 Å². The Labute approximate surface area is 217 Å². The molecule has 8 heteroatoms. The van der Waals surface area contributed by atoms with E-state index in [-0.39, 0.29) is 29.3 Å². The maximum absolute atomic E-state index is 13.9. The number of aromatic nitrogens is 1. The van der Waals surface area contributed by atoms with E-state index in [9.17, 15) is 33.1 Å². The van der Waals surface area contributed by atoms with E-state index in [0.29, 0.717) is 16.7 Å². The van der Waals surface area contributed by atoms with Crippen molar-refractivity contribution in [3.63, 3.8) is 0 Å². The topological polar surface area (TPSA) is 83.1 Å². The van der Waals surface area contributed by atoms with Gasteiger partial charge in [0, 0.05) is 0 Å². The first-order chi connectivity index (χ1) is 17.9. The number of phenols is 1. The third-order valence-corrected chi connectivity index (χ3v) is 6.41. The SMILES string of the molecule is CC(=O)c1cc(-c2cccc(-c3cc(C(F)(F)F)c(C#N)c(=O)n3Cc3ccc(C)cc3C)c2)ccc1O. The summed E-state index contributed by atoms with van der Waals surface area (Å²) < 4.78 is 43.0. The Morgan fingerprint density at radius 1 is 0.974 bits per heavy atom. The number of alkyl halides is 3. The third-order valence-electron chi connectivity index (χ3n) is 6.41. The van der Waals surface area contributed by atoms with E-state index in [4.69, 9.17) is 0 Å². The number of hydrogen-bond donors (Lipinski definition) is 1. The standard InChI is InChI=1S/C30H23F3N2O3/c1-17-7-8-23(18(2)11-17)16-35-27(14-26(30(31,32)33)25(15-34)29(35)38)22-6-4-5-20(12-22)21-9-10-28(37)24(13-21)19(3)36/h4-14,37H,16H2,1-3H3. The normalized spacial score (nSPS) is 11.3. The smallest absolute Gasteiger partial charge is 0.417 e. The molecule has 192 valence electrons. The molecule has 0 aliphatic rings. The molecule has 0 amide bonds. The predicted octanol–water partition coefficient (Wildman–Crippen LogP) is 6.65. The molecular formula is C30H23F3N2O3. The van der Waals surface area contributed by atoms with Crippen molar-refractivity contribution in [1.82, 2.24) is 4.57 Å². The lowest BCUT2D eigenvalue weighted by molar-refractivity contribution is -0.137. The highest BCUT2D eigenvalue weighted by Gasteiger charge is 2.36. The molecule has 1 heterocycles. The number of benzene rings is 3. The molecule has 4 aromatic rings. The molecule has 3 aromatic carbocycles. The monoisotopic (exact) mass is 516 g/mol. The quantitative estimate of drug-likeness (QED) is 0.301. The molecule has 0 atom stereocenters. The second-order valence-corrected chi connectivity index (χ2v) is 9.12. The summed E-state index contributed by atoms with van der Waals surface area (Å²) in [6.45, 7) is 5.04. The summed E-state index contributed by atoms with van der Waals surface area (Å²) in [6, 6.07) is 18.8. The van der Waals surface area contributed by atoms with Crippen LogP contribution in [0.15, 0.2) is 71.5 Å². The summed E-state index contributed by atoms with van der Waals surface area (Å²) in [5, 5.41) is 19.5. The van der Waals surface area contributed by atoms with Crippen LogP contribution in [0.5, 0.6) is 5.75 Å². The minimum Gasteiger partial charge on any atom is -0.507 e. The average molecular weight is 517 g/mol. The molecule has 0 radical (unpaired) electrons. The molecule has 0 bridgehead atoms. The number of carbonyl (C=O) groups is 1. The Morgan fingerprint density at radius 2 is 1.66 bits per heavy atom. The zero-order chi connectivity index (χ0) is 27.8. The third kappa shape index (κ3) is 5.09. The van der Waals surface area contributed by atoms with Gasteiger partial charge in [-0.25, -0.2) is 0 Å². The lowest BCUT2D eigenvalue weighted by Gasteiger charge is -2.19. The summed E-state index contributed by atoms with van der Waals surface area (Å²) in [7, 11) is 0. The molecule has 0 aliphatic carbocycles. The number of carbonyl (C=O) groups excluding carboxylic acids is 1. The van der Waals surface area contributed by atoms with Gasteiger partial charge in [-0.3, -0.25) is 9.59 Å². The highest BCUT2D eigenvalue weighted by molar-refractivity contribution is 5.98. The van der Waals surface area contributed by atoms with Crippen molar-refractivity contribution < 1.29 is 23.1 Å². The van der Waals surface area contributed by atoms with Gasteiger partial charge in [-0.15, -0.1) is 0 Å². The van der Waals surface area contributed by atoms with Gasteiger partial charge < -0.3 is 9.67 Å². The van der Waals surface area contributed by atoms with E-state index in [1.165, 1.54) is 29.7 Å². The van der Waals surface area contributed by atoms with E-state index in [0.717, 1.165) is 22.8 Å². The summed E-state index contributed by atoms with van der Waals surface area (Å²) in [6.07, 6.45) is -4.91. The van der Waals surface area contributed by atoms with Crippen molar-refractivity contribution >= 4 is 5.78 Å². The van der Waals surface area contributed by atoms with Gasteiger partial charge in [-0.2, -0.15) is 18.4 Å². The lowest BCUT2D eigenvalue weighted by Crippen LogP contribution is -2.29. The number of pyridine rings is 1. The van der Waals surface area contributed by atoms with Crippen LogP contribution < -0.4 is 5.56 Å². The van der Waals surface area contributed by atoms with Crippen molar-refractivity contribution in [3.05, 3.63) is 110 Å². The number of ketones is 1. The van der Waals surface area contributed by atoms with E-state index in [1.54, 1.807) is 36.4 Å². The van der Waals surface area contributed by atoms with Crippen LogP contribution in [0.3, 0.4) is 0 Å². The fraction of sp³-hybridized carbons (Fsp3) is 0.167. The minimum atomic E-state index is -4.91. The fourth-order valence-corrected chi connectivity index (χ4v) is 4.42. The number of Topliss-reactive ketones (excluding diaryl/α,β-unsaturated/α-hetero) is 1. The molecule has 0 saturated carbocycles. The van der Waals surface area contributed by atoms with Crippen molar-refractivity contribution in [2.45, 2.75) is 33.5 Å². The first-order valence-corrected chi connectivity index (χ1v) is 11.7. The van der Waals surface area contributed by atoms with Crippen molar-refractivity contribution in [1.29, 1.82) is 5.26 Å². The average Bonchev–Trinajstić information content (AvgIpc) is 2.86. The van der Waals surface area contributed by atoms with Crippen LogP contribution >= 0.6 is 0 Å². The summed E-state index contributed by atoms with van der Waals surface area (Å²) >= 11 is 0. The number of nitriles is 1. The molecule has 0 unspecified atom stereocenters. The summed E-state index contributed by atoms with van der Waals surface area (Å²) in [4.78, 5) is 25.2. The maximum atomic E-state index is 13.9. The Bertz CT molecular complexity index is 1680. The number of phenolic OH excluding ortho intramolecular Hbond substituents is 1. The minimum absolute atomic E-state index is 0.00582. The maximum Gasteiger partial charge on any atom is 0.417 e. The Kier molecular flexibility index (Phi) is 6.97. The number of hydrogen-bond acceptors (Lipinski definition) is 4. The second kappa shape index (κ2) is 10.0. The van der Waals surface area contributed by atoms with Crippen molar-refractivity contribution in [2.75, 3.05) is 0 Å². The molecule has 1 N–H and O–H groups in total. The molecular weight excluding hydrogens is 493 g/mol.